The van der Waals surface area contributed by atoms with Gasteiger partial charge < -0.3 is 11.1 Å². The van der Waals surface area contributed by atoms with Crippen molar-refractivity contribution in [1.29, 1.82) is 0 Å². The van der Waals surface area contributed by atoms with Gasteiger partial charge in [0.25, 0.3) is 0 Å². The molecular weight excluding hydrogens is 262 g/mol. The number of nitrogens with two attached hydrogens (primary N) is 1. The molecule has 4 heteroatoms. The number of hydrogen-bond acceptors (Lipinski definition) is 3. The maximum atomic E-state index is 12.3. The summed E-state index contributed by atoms with van der Waals surface area (Å²) in [5.74, 6) is 0.259. The normalized spacial score (nSPS) is 18.0. The van der Waals surface area contributed by atoms with Gasteiger partial charge in [0.15, 0.2) is 0 Å². The van der Waals surface area contributed by atoms with E-state index in [1.807, 2.05) is 37.4 Å². The predicted molar refractivity (Wildman–Crippen MR) is 85.8 cm³/mol. The summed E-state index contributed by atoms with van der Waals surface area (Å²) < 4.78 is 0. The molecule has 0 aromatic heterocycles. The Morgan fingerprint density at radius 1 is 1.38 bits per heavy atom. The SMILES string of the molecule is CNC(CN(CC(C)C)C1CC1)(C(N)=O)c1ccccc1. The number of nitrogens with zero attached hydrogens (tertiary/aromatic N) is 1. The van der Waals surface area contributed by atoms with E-state index in [1.165, 1.54) is 12.8 Å². The third-order valence-corrected chi connectivity index (χ3v) is 4.22. The second-order valence-electron chi connectivity index (χ2n) is 6.44. The maximum absolute atomic E-state index is 12.3. The van der Waals surface area contributed by atoms with Crippen LogP contribution in [0.3, 0.4) is 0 Å². The first-order valence-corrected chi connectivity index (χ1v) is 7.78. The Morgan fingerprint density at radius 2 is 2.00 bits per heavy atom. The number of amides is 1. The summed E-state index contributed by atoms with van der Waals surface area (Å²) in [6, 6.07) is 10.4. The van der Waals surface area contributed by atoms with Gasteiger partial charge >= 0.3 is 0 Å². The number of benzene rings is 1. The van der Waals surface area contributed by atoms with E-state index in [1.54, 1.807) is 0 Å². The lowest BCUT2D eigenvalue weighted by molar-refractivity contribution is -0.125. The van der Waals surface area contributed by atoms with Gasteiger partial charge in [0.05, 0.1) is 0 Å². The Bertz CT molecular complexity index is 470. The molecular formula is C17H27N3O. The number of primary amides is 1. The van der Waals surface area contributed by atoms with Crippen molar-refractivity contribution in [2.45, 2.75) is 38.3 Å². The summed E-state index contributed by atoms with van der Waals surface area (Å²) >= 11 is 0. The molecule has 0 spiro atoms. The molecule has 1 atom stereocenters. The molecule has 3 N–H and O–H groups in total. The number of carbonyl (C=O) groups is 1. The highest BCUT2D eigenvalue weighted by atomic mass is 16.1. The Kier molecular flexibility index (Phi) is 5.01. The number of hydrogen-bond donors (Lipinski definition) is 2. The van der Waals surface area contributed by atoms with Crippen LogP contribution in [0, 0.1) is 5.92 Å². The average Bonchev–Trinajstić information content (AvgIpc) is 3.28. The van der Waals surface area contributed by atoms with Crippen LogP contribution in [-0.2, 0) is 10.3 Å². The van der Waals surface area contributed by atoms with Crippen LogP contribution in [0.15, 0.2) is 30.3 Å². The van der Waals surface area contributed by atoms with E-state index in [-0.39, 0.29) is 5.91 Å². The highest BCUT2D eigenvalue weighted by Gasteiger charge is 2.42. The first-order valence-electron chi connectivity index (χ1n) is 7.78. The van der Waals surface area contributed by atoms with E-state index in [4.69, 9.17) is 5.73 Å². The van der Waals surface area contributed by atoms with E-state index in [2.05, 4.69) is 24.1 Å². The fourth-order valence-electron chi connectivity index (χ4n) is 2.94. The molecule has 0 saturated heterocycles. The highest BCUT2D eigenvalue weighted by molar-refractivity contribution is 5.86. The van der Waals surface area contributed by atoms with Crippen LogP contribution < -0.4 is 11.1 Å². The van der Waals surface area contributed by atoms with Crippen LogP contribution >= 0.6 is 0 Å². The molecule has 1 aliphatic rings. The number of nitrogens with one attached hydrogen (secondary N) is 1. The lowest BCUT2D eigenvalue weighted by Gasteiger charge is -2.37. The van der Waals surface area contributed by atoms with E-state index in [0.717, 1.165) is 12.1 Å². The minimum absolute atomic E-state index is 0.314. The largest absolute Gasteiger partial charge is 0.368 e. The second-order valence-corrected chi connectivity index (χ2v) is 6.44. The molecule has 1 unspecified atom stereocenters. The van der Waals surface area contributed by atoms with Crippen molar-refractivity contribution in [2.75, 3.05) is 20.1 Å². The van der Waals surface area contributed by atoms with Crippen molar-refractivity contribution < 1.29 is 4.79 Å². The first-order chi connectivity index (χ1) is 9.99. The molecule has 1 aromatic carbocycles. The van der Waals surface area contributed by atoms with Gasteiger partial charge in [-0.3, -0.25) is 9.69 Å². The first kappa shape index (κ1) is 16.0. The molecule has 21 heavy (non-hydrogen) atoms. The Labute approximate surface area is 127 Å². The van der Waals surface area contributed by atoms with Gasteiger partial charge in [0, 0.05) is 19.1 Å². The van der Waals surface area contributed by atoms with Crippen molar-refractivity contribution in [1.82, 2.24) is 10.2 Å². The molecule has 1 amide bonds. The minimum atomic E-state index is -0.821. The topological polar surface area (TPSA) is 58.4 Å². The fourth-order valence-corrected chi connectivity index (χ4v) is 2.94. The molecule has 0 bridgehead atoms. The fraction of sp³-hybridized carbons (Fsp3) is 0.588. The van der Waals surface area contributed by atoms with E-state index < -0.39 is 5.54 Å². The Balaban J connectivity index is 2.29. The highest BCUT2D eigenvalue weighted by Crippen LogP contribution is 2.31. The summed E-state index contributed by atoms with van der Waals surface area (Å²) in [4.78, 5) is 14.7. The molecule has 0 aliphatic heterocycles. The standard InChI is InChI=1S/C17H27N3O/c1-13(2)11-20(15-9-10-15)12-17(19-3,16(18)21)14-7-5-4-6-8-14/h4-8,13,15,19H,9-12H2,1-3H3,(H2,18,21). The quantitative estimate of drug-likeness (QED) is 0.766. The van der Waals surface area contributed by atoms with Crippen LogP contribution in [0.25, 0.3) is 0 Å². The van der Waals surface area contributed by atoms with Crippen molar-refractivity contribution in [2.24, 2.45) is 11.7 Å². The summed E-state index contributed by atoms with van der Waals surface area (Å²) in [5, 5.41) is 3.20. The Hall–Kier alpha value is -1.39. The smallest absolute Gasteiger partial charge is 0.243 e. The summed E-state index contributed by atoms with van der Waals surface area (Å²) in [6.07, 6.45) is 2.44. The minimum Gasteiger partial charge on any atom is -0.368 e. The lowest BCUT2D eigenvalue weighted by atomic mass is 9.88. The van der Waals surface area contributed by atoms with Crippen molar-refractivity contribution in [3.05, 3.63) is 35.9 Å². The molecule has 1 saturated carbocycles. The number of rotatable bonds is 8. The van der Waals surface area contributed by atoms with Gasteiger partial charge in [0.2, 0.25) is 5.91 Å². The zero-order valence-electron chi connectivity index (χ0n) is 13.3. The number of likely N-dealkylation sites (N-methyl/N-ethyl adjacent to an activating group) is 1. The molecule has 1 aromatic rings. The van der Waals surface area contributed by atoms with E-state index in [0.29, 0.717) is 18.5 Å². The van der Waals surface area contributed by atoms with Crippen molar-refractivity contribution in [3.8, 4) is 0 Å². The molecule has 2 rings (SSSR count). The summed E-state index contributed by atoms with van der Waals surface area (Å²) in [6.45, 7) is 6.05. The van der Waals surface area contributed by atoms with Gasteiger partial charge in [-0.1, -0.05) is 44.2 Å². The monoisotopic (exact) mass is 289 g/mol. The van der Waals surface area contributed by atoms with Gasteiger partial charge in [0.1, 0.15) is 5.54 Å². The second kappa shape index (κ2) is 6.58. The number of carbonyl (C=O) groups excluding carboxylic acids is 1. The lowest BCUT2D eigenvalue weighted by Crippen LogP contribution is -2.58. The Morgan fingerprint density at radius 3 is 2.43 bits per heavy atom. The molecule has 0 radical (unpaired) electrons. The zero-order valence-corrected chi connectivity index (χ0v) is 13.3. The molecule has 1 fully saturated rings. The van der Waals surface area contributed by atoms with E-state index >= 15 is 0 Å². The van der Waals surface area contributed by atoms with Crippen LogP contribution in [0.1, 0.15) is 32.3 Å². The van der Waals surface area contributed by atoms with Gasteiger partial charge in [-0.25, -0.2) is 0 Å². The van der Waals surface area contributed by atoms with Gasteiger partial charge in [-0.15, -0.1) is 0 Å². The molecule has 1 aliphatic carbocycles. The average molecular weight is 289 g/mol. The zero-order chi connectivity index (χ0) is 15.5. The van der Waals surface area contributed by atoms with Crippen molar-refractivity contribution >= 4 is 5.91 Å². The maximum Gasteiger partial charge on any atom is 0.243 e. The van der Waals surface area contributed by atoms with E-state index in [9.17, 15) is 4.79 Å². The van der Waals surface area contributed by atoms with Gasteiger partial charge in [-0.2, -0.15) is 0 Å². The molecule has 116 valence electrons. The molecule has 4 nitrogen and oxygen atoms in total. The third kappa shape index (κ3) is 3.63. The molecule has 0 heterocycles. The van der Waals surface area contributed by atoms with Gasteiger partial charge in [-0.05, 0) is 31.4 Å². The third-order valence-electron chi connectivity index (χ3n) is 4.22. The van der Waals surface area contributed by atoms with Crippen LogP contribution in [0.5, 0.6) is 0 Å². The van der Waals surface area contributed by atoms with Crippen LogP contribution in [0.2, 0.25) is 0 Å². The predicted octanol–water partition coefficient (Wildman–Crippen LogP) is 1.71. The van der Waals surface area contributed by atoms with Crippen molar-refractivity contribution in [3.63, 3.8) is 0 Å². The van der Waals surface area contributed by atoms with Crippen LogP contribution in [-0.4, -0.2) is 37.0 Å². The van der Waals surface area contributed by atoms with Crippen LogP contribution in [0.4, 0.5) is 0 Å². The summed E-state index contributed by atoms with van der Waals surface area (Å²) in [5.41, 5.74) is 5.90. The summed E-state index contributed by atoms with van der Waals surface area (Å²) in [7, 11) is 1.82.